The highest BCUT2D eigenvalue weighted by molar-refractivity contribution is 6.05. The average molecular weight is 460 g/mol. The third-order valence-electron chi connectivity index (χ3n) is 5.29. The number of rotatable bonds is 8. The standard InChI is InChI=1S/C25H24N4O5/c1-33-14-13-28(21(30)12-11-19-15-18-9-5-6-10-20(18)34-19)22-23(26)29(25(32)27-24(22)31)16-17-7-3-2-4-8-17/h2-12,15H,13-14,16,26H2,1H3,(H,27,31,32)/b12-11+. The summed E-state index contributed by atoms with van der Waals surface area (Å²) in [6.07, 6.45) is 2.81. The van der Waals surface area contributed by atoms with Crippen LogP contribution in [0.15, 0.2) is 80.7 Å². The van der Waals surface area contributed by atoms with Crippen LogP contribution in [0.5, 0.6) is 0 Å². The van der Waals surface area contributed by atoms with E-state index in [1.165, 1.54) is 28.7 Å². The molecule has 174 valence electrons. The van der Waals surface area contributed by atoms with Crippen LogP contribution in [0.3, 0.4) is 0 Å². The number of hydrogen-bond donors (Lipinski definition) is 2. The number of aromatic nitrogens is 2. The number of fused-ring (bicyclic) bond motifs is 1. The van der Waals surface area contributed by atoms with Gasteiger partial charge >= 0.3 is 5.69 Å². The van der Waals surface area contributed by atoms with E-state index < -0.39 is 17.2 Å². The predicted molar refractivity (Wildman–Crippen MR) is 131 cm³/mol. The van der Waals surface area contributed by atoms with Crippen molar-refractivity contribution >= 4 is 34.5 Å². The second-order valence-corrected chi connectivity index (χ2v) is 7.57. The molecule has 0 spiro atoms. The molecule has 2 heterocycles. The molecule has 34 heavy (non-hydrogen) atoms. The molecule has 0 fully saturated rings. The maximum absolute atomic E-state index is 13.1. The second kappa shape index (κ2) is 10.1. The van der Waals surface area contributed by atoms with E-state index in [-0.39, 0.29) is 31.2 Å². The summed E-state index contributed by atoms with van der Waals surface area (Å²) in [4.78, 5) is 41.8. The van der Waals surface area contributed by atoms with Crippen molar-refractivity contribution in [3.05, 3.63) is 98.9 Å². The number of carbonyl (C=O) groups excluding carboxylic acids is 1. The van der Waals surface area contributed by atoms with Crippen LogP contribution in [0.2, 0.25) is 0 Å². The number of hydrogen-bond acceptors (Lipinski definition) is 6. The van der Waals surface area contributed by atoms with E-state index in [9.17, 15) is 14.4 Å². The third kappa shape index (κ3) is 4.84. The van der Waals surface area contributed by atoms with E-state index in [0.717, 1.165) is 10.9 Å². The largest absolute Gasteiger partial charge is 0.457 e. The van der Waals surface area contributed by atoms with E-state index in [0.29, 0.717) is 11.3 Å². The molecule has 0 aliphatic carbocycles. The number of nitrogens with zero attached hydrogens (tertiary/aromatic N) is 2. The molecular formula is C25H24N4O5. The fourth-order valence-electron chi connectivity index (χ4n) is 3.60. The topological polar surface area (TPSA) is 124 Å². The number of para-hydroxylation sites is 1. The van der Waals surface area contributed by atoms with Crippen LogP contribution >= 0.6 is 0 Å². The fourth-order valence-corrected chi connectivity index (χ4v) is 3.60. The highest BCUT2D eigenvalue weighted by Gasteiger charge is 2.23. The van der Waals surface area contributed by atoms with Crippen LogP contribution in [0, 0.1) is 0 Å². The van der Waals surface area contributed by atoms with E-state index in [2.05, 4.69) is 4.98 Å². The van der Waals surface area contributed by atoms with Gasteiger partial charge in [-0.05, 0) is 23.8 Å². The Bertz CT molecular complexity index is 1420. The maximum Gasteiger partial charge on any atom is 0.330 e. The first kappa shape index (κ1) is 22.8. The van der Waals surface area contributed by atoms with Crippen molar-refractivity contribution in [2.24, 2.45) is 0 Å². The lowest BCUT2D eigenvalue weighted by atomic mass is 10.2. The quantitative estimate of drug-likeness (QED) is 0.390. The van der Waals surface area contributed by atoms with E-state index >= 15 is 0 Å². The SMILES string of the molecule is COCCN(C(=O)/C=C/c1cc2ccccc2o1)c1c(N)n(Cc2ccccc2)c(=O)[nH]c1=O. The molecule has 0 bridgehead atoms. The number of nitrogen functional groups attached to an aromatic ring is 1. The Morgan fingerprint density at radius 1 is 1.15 bits per heavy atom. The van der Waals surface area contributed by atoms with Gasteiger partial charge in [-0.15, -0.1) is 0 Å². The van der Waals surface area contributed by atoms with Crippen molar-refractivity contribution < 1.29 is 13.9 Å². The minimum absolute atomic E-state index is 0.0522. The van der Waals surface area contributed by atoms with Crippen molar-refractivity contribution in [2.45, 2.75) is 6.54 Å². The molecule has 0 atom stereocenters. The van der Waals surface area contributed by atoms with Crippen LogP contribution in [-0.4, -0.2) is 35.7 Å². The van der Waals surface area contributed by atoms with Crippen molar-refractivity contribution in [1.29, 1.82) is 0 Å². The lowest BCUT2D eigenvalue weighted by Gasteiger charge is -2.23. The molecule has 2 aromatic heterocycles. The third-order valence-corrected chi connectivity index (χ3v) is 5.29. The van der Waals surface area contributed by atoms with Gasteiger partial charge in [0.2, 0.25) is 0 Å². The Morgan fingerprint density at radius 3 is 2.62 bits per heavy atom. The van der Waals surface area contributed by atoms with Gasteiger partial charge in [0.05, 0.1) is 13.2 Å². The Hall–Kier alpha value is -4.37. The van der Waals surface area contributed by atoms with Gasteiger partial charge in [0.15, 0.2) is 5.69 Å². The van der Waals surface area contributed by atoms with Crippen molar-refractivity contribution in [1.82, 2.24) is 9.55 Å². The summed E-state index contributed by atoms with van der Waals surface area (Å²) in [7, 11) is 1.48. The molecule has 9 nitrogen and oxygen atoms in total. The van der Waals surface area contributed by atoms with E-state index in [1.54, 1.807) is 6.07 Å². The smallest absolute Gasteiger partial charge is 0.330 e. The van der Waals surface area contributed by atoms with E-state index in [1.807, 2.05) is 54.6 Å². The molecule has 0 radical (unpaired) electrons. The number of amides is 1. The van der Waals surface area contributed by atoms with Crippen molar-refractivity contribution in [2.75, 3.05) is 30.9 Å². The van der Waals surface area contributed by atoms with Crippen LogP contribution < -0.4 is 21.9 Å². The van der Waals surface area contributed by atoms with Gasteiger partial charge in [-0.3, -0.25) is 24.0 Å². The zero-order chi connectivity index (χ0) is 24.1. The number of methoxy groups -OCH3 is 1. The van der Waals surface area contributed by atoms with Gasteiger partial charge in [0, 0.05) is 25.1 Å². The number of nitrogens with one attached hydrogen (secondary N) is 1. The fraction of sp³-hybridized carbons (Fsp3) is 0.160. The molecule has 3 N–H and O–H groups in total. The number of carbonyl (C=O) groups is 1. The minimum atomic E-state index is -0.756. The molecule has 0 unspecified atom stereocenters. The van der Waals surface area contributed by atoms with Crippen LogP contribution in [0.1, 0.15) is 11.3 Å². The monoisotopic (exact) mass is 460 g/mol. The van der Waals surface area contributed by atoms with Crippen LogP contribution in [0.4, 0.5) is 11.5 Å². The molecule has 0 aliphatic heterocycles. The van der Waals surface area contributed by atoms with Crippen LogP contribution in [0.25, 0.3) is 17.0 Å². The summed E-state index contributed by atoms with van der Waals surface area (Å²) in [6, 6.07) is 18.5. The summed E-state index contributed by atoms with van der Waals surface area (Å²) < 4.78 is 12.1. The van der Waals surface area contributed by atoms with Gasteiger partial charge in [0.1, 0.15) is 17.2 Å². The number of anilines is 2. The maximum atomic E-state index is 13.1. The summed E-state index contributed by atoms with van der Waals surface area (Å²) in [5.41, 5.74) is 6.24. The number of nitrogens with two attached hydrogens (primary N) is 1. The lowest BCUT2D eigenvalue weighted by molar-refractivity contribution is -0.114. The zero-order valence-electron chi connectivity index (χ0n) is 18.6. The number of aromatic amines is 1. The van der Waals surface area contributed by atoms with Crippen LogP contribution in [-0.2, 0) is 16.1 Å². The predicted octanol–water partition coefficient (Wildman–Crippen LogP) is 2.61. The average Bonchev–Trinajstić information content (AvgIpc) is 3.26. The van der Waals surface area contributed by atoms with Gasteiger partial charge < -0.3 is 14.9 Å². The highest BCUT2D eigenvalue weighted by atomic mass is 16.5. The van der Waals surface area contributed by atoms with Gasteiger partial charge in [-0.1, -0.05) is 48.5 Å². The molecule has 0 aliphatic rings. The van der Waals surface area contributed by atoms with Crippen molar-refractivity contribution in [3.8, 4) is 0 Å². The van der Waals surface area contributed by atoms with Gasteiger partial charge in [-0.2, -0.15) is 0 Å². The Kier molecular flexibility index (Phi) is 6.74. The molecule has 4 aromatic rings. The first-order valence-electron chi connectivity index (χ1n) is 10.6. The Balaban J connectivity index is 1.69. The summed E-state index contributed by atoms with van der Waals surface area (Å²) in [5.74, 6) is -0.143. The molecule has 4 rings (SSSR count). The van der Waals surface area contributed by atoms with Gasteiger partial charge in [-0.25, -0.2) is 4.79 Å². The first-order valence-corrected chi connectivity index (χ1v) is 10.6. The number of H-pyrrole nitrogens is 1. The Morgan fingerprint density at radius 2 is 1.88 bits per heavy atom. The summed E-state index contributed by atoms with van der Waals surface area (Å²) in [6.45, 7) is 0.341. The minimum Gasteiger partial charge on any atom is -0.457 e. The van der Waals surface area contributed by atoms with Gasteiger partial charge in [0.25, 0.3) is 11.5 Å². The number of ether oxygens (including phenoxy) is 1. The highest BCUT2D eigenvalue weighted by Crippen LogP contribution is 2.21. The summed E-state index contributed by atoms with van der Waals surface area (Å²) in [5, 5.41) is 0.902. The molecule has 9 heteroatoms. The number of furan rings is 1. The Labute approximate surface area is 194 Å². The first-order chi connectivity index (χ1) is 16.5. The molecule has 1 amide bonds. The second-order valence-electron chi connectivity index (χ2n) is 7.57. The number of benzene rings is 2. The van der Waals surface area contributed by atoms with E-state index in [4.69, 9.17) is 14.9 Å². The van der Waals surface area contributed by atoms with Crippen molar-refractivity contribution in [3.63, 3.8) is 0 Å². The lowest BCUT2D eigenvalue weighted by Crippen LogP contribution is -2.42. The molecule has 2 aromatic carbocycles. The summed E-state index contributed by atoms with van der Waals surface area (Å²) >= 11 is 0. The molecule has 0 saturated heterocycles. The molecular weight excluding hydrogens is 436 g/mol. The normalized spacial score (nSPS) is 11.3. The molecule has 0 saturated carbocycles. The zero-order valence-corrected chi connectivity index (χ0v) is 18.6.